The van der Waals surface area contributed by atoms with Crippen molar-refractivity contribution in [2.24, 2.45) is 5.92 Å². The lowest BCUT2D eigenvalue weighted by Crippen LogP contribution is -2.46. The molecule has 1 heterocycles. The van der Waals surface area contributed by atoms with Crippen LogP contribution < -0.4 is 5.32 Å². The van der Waals surface area contributed by atoms with Gasteiger partial charge in [0.1, 0.15) is 5.82 Å². The molecule has 0 bridgehead atoms. The van der Waals surface area contributed by atoms with Gasteiger partial charge in [0.05, 0.1) is 11.0 Å². The minimum Gasteiger partial charge on any atom is -0.355 e. The Morgan fingerprint density at radius 3 is 2.32 bits per heavy atom. The molecular formula is C25H28ClFN2O2. The van der Waals surface area contributed by atoms with Crippen LogP contribution in [0.5, 0.6) is 0 Å². The molecule has 4 rings (SSSR count). The van der Waals surface area contributed by atoms with Gasteiger partial charge >= 0.3 is 0 Å². The van der Waals surface area contributed by atoms with E-state index in [1.165, 1.54) is 12.1 Å². The molecule has 0 radical (unpaired) electrons. The van der Waals surface area contributed by atoms with E-state index < -0.39 is 11.2 Å². The molecule has 1 N–H and O–H groups in total. The smallest absolute Gasteiger partial charge is 0.256 e. The van der Waals surface area contributed by atoms with Gasteiger partial charge in [-0.05, 0) is 61.4 Å². The molecule has 2 aromatic rings. The van der Waals surface area contributed by atoms with Crippen LogP contribution in [0.3, 0.4) is 0 Å². The number of carbonyl (C=O) groups excluding carboxylic acids is 2. The first kappa shape index (κ1) is 21.8. The van der Waals surface area contributed by atoms with Crippen LogP contribution in [0.4, 0.5) is 4.39 Å². The number of carbonyl (C=O) groups is 2. The number of hydrogen-bond acceptors (Lipinski definition) is 2. The second-order valence-electron chi connectivity index (χ2n) is 8.72. The van der Waals surface area contributed by atoms with Crippen molar-refractivity contribution in [1.82, 2.24) is 10.2 Å². The molecule has 1 aliphatic heterocycles. The highest BCUT2D eigenvalue weighted by Gasteiger charge is 2.42. The van der Waals surface area contributed by atoms with Crippen molar-refractivity contribution in [3.63, 3.8) is 0 Å². The first-order chi connectivity index (χ1) is 15.0. The average Bonchev–Trinajstić information content (AvgIpc) is 3.29. The Labute approximate surface area is 187 Å². The van der Waals surface area contributed by atoms with Crippen molar-refractivity contribution in [2.45, 2.75) is 43.9 Å². The van der Waals surface area contributed by atoms with Crippen molar-refractivity contribution >= 4 is 23.4 Å². The van der Waals surface area contributed by atoms with Gasteiger partial charge in [-0.3, -0.25) is 9.59 Å². The lowest BCUT2D eigenvalue weighted by Gasteiger charge is -2.34. The molecular weight excluding hydrogens is 415 g/mol. The summed E-state index contributed by atoms with van der Waals surface area (Å²) in [7, 11) is 0. The van der Waals surface area contributed by atoms with Crippen LogP contribution in [0.1, 0.15) is 54.4 Å². The summed E-state index contributed by atoms with van der Waals surface area (Å²) in [5, 5.41) is 3.87. The van der Waals surface area contributed by atoms with Gasteiger partial charge in [-0.25, -0.2) is 4.39 Å². The van der Waals surface area contributed by atoms with E-state index in [1.54, 1.807) is 17.0 Å². The number of piperidine rings is 1. The van der Waals surface area contributed by atoms with Crippen molar-refractivity contribution < 1.29 is 14.0 Å². The molecule has 2 aromatic carbocycles. The molecule has 0 spiro atoms. The molecule has 2 fully saturated rings. The summed E-state index contributed by atoms with van der Waals surface area (Å²) in [4.78, 5) is 27.5. The van der Waals surface area contributed by atoms with Crippen LogP contribution in [-0.2, 0) is 10.2 Å². The number of likely N-dealkylation sites (tertiary alicyclic amines) is 1. The summed E-state index contributed by atoms with van der Waals surface area (Å²) in [6.45, 7) is 1.77. The molecule has 4 nitrogen and oxygen atoms in total. The molecule has 2 amide bonds. The Morgan fingerprint density at radius 1 is 1.03 bits per heavy atom. The average molecular weight is 443 g/mol. The first-order valence-electron chi connectivity index (χ1n) is 11.1. The van der Waals surface area contributed by atoms with Crippen LogP contribution in [0.25, 0.3) is 0 Å². The normalized spacial score (nSPS) is 18.7. The quantitative estimate of drug-likeness (QED) is 0.711. The van der Waals surface area contributed by atoms with Gasteiger partial charge in [0, 0.05) is 24.7 Å². The Balaban J connectivity index is 1.33. The van der Waals surface area contributed by atoms with Gasteiger partial charge in [-0.15, -0.1) is 0 Å². The number of benzene rings is 2. The number of nitrogens with one attached hydrogen (secondary N) is 1. The highest BCUT2D eigenvalue weighted by atomic mass is 35.5. The van der Waals surface area contributed by atoms with E-state index in [1.807, 2.05) is 24.3 Å². The summed E-state index contributed by atoms with van der Waals surface area (Å²) in [5.74, 6) is -0.325. The predicted molar refractivity (Wildman–Crippen MR) is 120 cm³/mol. The molecule has 0 aromatic heterocycles. The maximum atomic E-state index is 13.9. The fourth-order valence-corrected chi connectivity index (χ4v) is 5.07. The number of hydrogen-bond donors (Lipinski definition) is 1. The summed E-state index contributed by atoms with van der Waals surface area (Å²) in [5.41, 5.74) is 0.698. The fraction of sp³-hybridized carbons (Fsp3) is 0.440. The van der Waals surface area contributed by atoms with Crippen molar-refractivity contribution in [3.05, 3.63) is 70.5 Å². The Bertz CT molecular complexity index is 933. The minimum absolute atomic E-state index is 0.0946. The highest BCUT2D eigenvalue weighted by Crippen LogP contribution is 2.41. The van der Waals surface area contributed by atoms with Crippen LogP contribution >= 0.6 is 11.6 Å². The van der Waals surface area contributed by atoms with E-state index in [9.17, 15) is 14.0 Å². The van der Waals surface area contributed by atoms with Crippen molar-refractivity contribution in [3.8, 4) is 0 Å². The lowest BCUT2D eigenvalue weighted by molar-refractivity contribution is -0.126. The van der Waals surface area contributed by atoms with Crippen LogP contribution in [0.2, 0.25) is 5.02 Å². The highest BCUT2D eigenvalue weighted by molar-refractivity contribution is 6.30. The zero-order valence-corrected chi connectivity index (χ0v) is 18.3. The lowest BCUT2D eigenvalue weighted by atomic mass is 9.78. The van der Waals surface area contributed by atoms with Gasteiger partial charge in [0.2, 0.25) is 5.91 Å². The maximum Gasteiger partial charge on any atom is 0.256 e. The van der Waals surface area contributed by atoms with Crippen molar-refractivity contribution in [1.29, 1.82) is 0 Å². The molecule has 6 heteroatoms. The van der Waals surface area contributed by atoms with Gasteiger partial charge in [-0.2, -0.15) is 0 Å². The molecule has 0 unspecified atom stereocenters. The van der Waals surface area contributed by atoms with Crippen molar-refractivity contribution in [2.75, 3.05) is 19.6 Å². The summed E-state index contributed by atoms with van der Waals surface area (Å²) < 4.78 is 13.9. The predicted octanol–water partition coefficient (Wildman–Crippen LogP) is 4.96. The Kier molecular flexibility index (Phi) is 6.61. The van der Waals surface area contributed by atoms with Gasteiger partial charge in [-0.1, -0.05) is 48.7 Å². The third-order valence-electron chi connectivity index (χ3n) is 6.85. The summed E-state index contributed by atoms with van der Waals surface area (Å²) >= 11 is 6.04. The minimum atomic E-state index is -0.481. The molecule has 0 atom stereocenters. The van der Waals surface area contributed by atoms with Gasteiger partial charge < -0.3 is 10.2 Å². The molecule has 164 valence electrons. The molecule has 1 saturated heterocycles. The Morgan fingerprint density at radius 2 is 1.68 bits per heavy atom. The van der Waals surface area contributed by atoms with Crippen LogP contribution in [0, 0.1) is 11.7 Å². The van der Waals surface area contributed by atoms with E-state index in [0.717, 1.165) is 44.1 Å². The third kappa shape index (κ3) is 4.62. The number of amides is 2. The van der Waals surface area contributed by atoms with Crippen LogP contribution in [0.15, 0.2) is 48.5 Å². The molecule has 2 aliphatic rings. The molecule has 31 heavy (non-hydrogen) atoms. The summed E-state index contributed by atoms with van der Waals surface area (Å²) in [6, 6.07) is 13.8. The van der Waals surface area contributed by atoms with E-state index in [2.05, 4.69) is 5.32 Å². The Hall–Kier alpha value is -2.40. The zero-order chi connectivity index (χ0) is 21.8. The van der Waals surface area contributed by atoms with Gasteiger partial charge in [0.25, 0.3) is 5.91 Å². The van der Waals surface area contributed by atoms with E-state index in [4.69, 9.17) is 11.6 Å². The fourth-order valence-electron chi connectivity index (χ4n) is 4.95. The maximum absolute atomic E-state index is 13.9. The van der Waals surface area contributed by atoms with Gasteiger partial charge in [0.15, 0.2) is 0 Å². The number of nitrogens with zero attached hydrogens (tertiary/aromatic N) is 1. The van der Waals surface area contributed by atoms with E-state index >= 15 is 0 Å². The topological polar surface area (TPSA) is 49.4 Å². The number of halogens is 2. The van der Waals surface area contributed by atoms with Crippen LogP contribution in [-0.4, -0.2) is 36.3 Å². The largest absolute Gasteiger partial charge is 0.355 e. The first-order valence-corrected chi connectivity index (χ1v) is 11.5. The molecule has 1 saturated carbocycles. The SMILES string of the molecule is O=C(c1ccccc1F)N1CCC(CNC(=O)C2(c3ccc(Cl)cc3)CCCC2)CC1. The summed E-state index contributed by atoms with van der Waals surface area (Å²) in [6.07, 6.45) is 5.41. The third-order valence-corrected chi connectivity index (χ3v) is 7.10. The zero-order valence-electron chi connectivity index (χ0n) is 17.6. The monoisotopic (exact) mass is 442 g/mol. The number of rotatable bonds is 5. The van der Waals surface area contributed by atoms with E-state index in [0.29, 0.717) is 30.6 Å². The molecule has 1 aliphatic carbocycles. The second kappa shape index (κ2) is 9.39. The standard InChI is InChI=1S/C25H28ClFN2O2/c26-20-9-7-19(8-10-20)25(13-3-4-14-25)24(31)28-17-18-11-15-29(16-12-18)23(30)21-5-1-2-6-22(21)27/h1-2,5-10,18H,3-4,11-17H2,(H,28,31). The second-order valence-corrected chi connectivity index (χ2v) is 9.16. The van der Waals surface area contributed by atoms with E-state index in [-0.39, 0.29) is 17.4 Å².